The van der Waals surface area contributed by atoms with Crippen LogP contribution in [0.5, 0.6) is 0 Å². The molecule has 1 fully saturated rings. The minimum atomic E-state index is -0.109. The Morgan fingerprint density at radius 3 is 2.55 bits per heavy atom. The van der Waals surface area contributed by atoms with Gasteiger partial charge in [-0.1, -0.05) is 30.3 Å². The van der Waals surface area contributed by atoms with Gasteiger partial charge in [0.05, 0.1) is 0 Å². The van der Waals surface area contributed by atoms with Gasteiger partial charge in [0.15, 0.2) is 6.20 Å². The first-order valence-corrected chi connectivity index (χ1v) is 11.2. The first kappa shape index (κ1) is 22.7. The summed E-state index contributed by atoms with van der Waals surface area (Å²) in [5, 5.41) is 7.75. The average molecular weight is 423 g/mol. The lowest BCUT2D eigenvalue weighted by molar-refractivity contribution is -0.505. The molecule has 0 aromatic heterocycles. The zero-order valence-electron chi connectivity index (χ0n) is 18.3. The van der Waals surface area contributed by atoms with E-state index in [4.69, 9.17) is 0 Å². The maximum atomic E-state index is 12.3. The van der Waals surface area contributed by atoms with E-state index >= 15 is 0 Å². The Morgan fingerprint density at radius 2 is 1.84 bits per heavy atom. The van der Waals surface area contributed by atoms with E-state index in [9.17, 15) is 9.59 Å². The molecule has 2 aromatic rings. The van der Waals surface area contributed by atoms with Gasteiger partial charge in [-0.05, 0) is 63.1 Å². The van der Waals surface area contributed by atoms with Gasteiger partial charge in [-0.2, -0.15) is 0 Å². The number of quaternary nitrogens is 2. The molecule has 1 aliphatic rings. The summed E-state index contributed by atoms with van der Waals surface area (Å²) in [4.78, 5) is 24.4. The van der Waals surface area contributed by atoms with Crippen LogP contribution in [-0.2, 0) is 17.6 Å². The van der Waals surface area contributed by atoms with E-state index in [0.29, 0.717) is 23.8 Å². The molecule has 2 aromatic carbocycles. The van der Waals surface area contributed by atoms with Crippen molar-refractivity contribution in [2.45, 2.75) is 51.5 Å². The standard InChI is InChI=1S/C25H32N4O2/c1-2-27-24(30)20-12-15-23(28-17-22(26)25(31)29-21-13-14-21)19(16-20)11-7-6-10-18-8-4-3-5-9-18/h3-5,8-9,12,15-17,21,28H,2,6-7,10-11,13-14,26H2,1H3,(H,27,30)(H,29,31)/p+2/b22-17-. The first-order chi connectivity index (χ1) is 15.1. The third-order valence-corrected chi connectivity index (χ3v) is 5.42. The molecule has 7 N–H and O–H groups in total. The molecular formula is C25H34N4O2+2. The highest BCUT2D eigenvalue weighted by Gasteiger charge is 2.25. The molecule has 3 rings (SSSR count). The number of carbonyl (C=O) groups is 2. The zero-order chi connectivity index (χ0) is 22.1. The number of amides is 2. The third-order valence-electron chi connectivity index (χ3n) is 5.42. The fourth-order valence-corrected chi connectivity index (χ4v) is 3.45. The molecule has 0 bridgehead atoms. The number of aryl methyl sites for hydroxylation is 2. The number of hydrogen-bond acceptors (Lipinski definition) is 2. The molecule has 164 valence electrons. The Morgan fingerprint density at radius 1 is 1.10 bits per heavy atom. The zero-order valence-corrected chi connectivity index (χ0v) is 18.3. The number of benzene rings is 2. The summed E-state index contributed by atoms with van der Waals surface area (Å²) < 4.78 is 0. The molecule has 0 atom stereocenters. The molecule has 1 aliphatic carbocycles. The van der Waals surface area contributed by atoms with Crippen molar-refractivity contribution in [1.82, 2.24) is 10.6 Å². The number of hydrogen-bond donors (Lipinski definition) is 4. The van der Waals surface area contributed by atoms with Crippen LogP contribution in [0.1, 0.15) is 54.1 Å². The Balaban J connectivity index is 1.65. The highest BCUT2D eigenvalue weighted by atomic mass is 16.2. The van der Waals surface area contributed by atoms with E-state index < -0.39 is 0 Å². The van der Waals surface area contributed by atoms with E-state index in [0.717, 1.165) is 49.8 Å². The summed E-state index contributed by atoms with van der Waals surface area (Å²) in [6.07, 6.45) is 7.90. The summed E-state index contributed by atoms with van der Waals surface area (Å²) in [6.45, 7) is 2.51. The number of unbranched alkanes of at least 4 members (excludes halogenated alkanes) is 1. The fraction of sp³-hybridized carbons (Fsp3) is 0.360. The Hall–Kier alpha value is -2.96. The molecular weight excluding hydrogens is 388 g/mol. The molecule has 0 heterocycles. The molecule has 2 amide bonds. The predicted molar refractivity (Wildman–Crippen MR) is 121 cm³/mol. The van der Waals surface area contributed by atoms with Crippen molar-refractivity contribution in [2.24, 2.45) is 0 Å². The predicted octanol–water partition coefficient (Wildman–Crippen LogP) is 1.56. The van der Waals surface area contributed by atoms with E-state index in [-0.39, 0.29) is 11.8 Å². The lowest BCUT2D eigenvalue weighted by atomic mass is 10.0. The van der Waals surface area contributed by atoms with Crippen LogP contribution in [0.2, 0.25) is 0 Å². The molecule has 31 heavy (non-hydrogen) atoms. The van der Waals surface area contributed by atoms with Crippen LogP contribution in [0.3, 0.4) is 0 Å². The van der Waals surface area contributed by atoms with Crippen LogP contribution >= 0.6 is 0 Å². The van der Waals surface area contributed by atoms with Crippen LogP contribution in [0.25, 0.3) is 0 Å². The minimum absolute atomic E-state index is 0.0585. The van der Waals surface area contributed by atoms with Crippen molar-refractivity contribution in [1.29, 1.82) is 0 Å². The number of nitrogens with one attached hydrogen (secondary N) is 2. The average Bonchev–Trinajstić information content (AvgIpc) is 3.60. The number of nitrogens with two attached hydrogens (primary N) is 1. The molecule has 1 saturated carbocycles. The molecule has 0 radical (unpaired) electrons. The van der Waals surface area contributed by atoms with Crippen molar-refractivity contribution in [2.75, 3.05) is 6.54 Å². The maximum Gasteiger partial charge on any atom is 0.311 e. The van der Waals surface area contributed by atoms with E-state index in [2.05, 4.69) is 40.6 Å². The highest BCUT2D eigenvalue weighted by molar-refractivity contribution is 5.94. The monoisotopic (exact) mass is 422 g/mol. The second kappa shape index (κ2) is 11.4. The minimum Gasteiger partial charge on any atom is -0.352 e. The van der Waals surface area contributed by atoms with Crippen LogP contribution < -0.4 is 21.7 Å². The largest absolute Gasteiger partial charge is 0.352 e. The summed E-state index contributed by atoms with van der Waals surface area (Å²) in [5.74, 6) is -0.168. The first-order valence-electron chi connectivity index (χ1n) is 11.2. The van der Waals surface area contributed by atoms with Gasteiger partial charge in [-0.25, -0.2) is 0 Å². The van der Waals surface area contributed by atoms with Crippen molar-refractivity contribution in [3.8, 4) is 0 Å². The molecule has 6 heteroatoms. The van der Waals surface area contributed by atoms with Gasteiger partial charge in [-0.3, -0.25) is 14.9 Å². The van der Waals surface area contributed by atoms with E-state index in [1.807, 2.05) is 36.5 Å². The smallest absolute Gasteiger partial charge is 0.311 e. The van der Waals surface area contributed by atoms with Crippen molar-refractivity contribution >= 4 is 17.5 Å². The quantitative estimate of drug-likeness (QED) is 0.251. The molecule has 0 saturated heterocycles. The van der Waals surface area contributed by atoms with Crippen molar-refractivity contribution < 1.29 is 20.6 Å². The molecule has 6 nitrogen and oxygen atoms in total. The topological polar surface area (TPSA) is 102 Å². The number of carbonyl (C=O) groups excluding carboxylic acids is 2. The maximum absolute atomic E-state index is 12.3. The van der Waals surface area contributed by atoms with Crippen LogP contribution in [-0.4, -0.2) is 24.4 Å². The summed E-state index contributed by atoms with van der Waals surface area (Å²) in [5.41, 5.74) is 8.50. The van der Waals surface area contributed by atoms with E-state index in [1.165, 1.54) is 5.56 Å². The molecule has 0 spiro atoms. The van der Waals surface area contributed by atoms with Gasteiger partial charge < -0.3 is 16.4 Å². The van der Waals surface area contributed by atoms with Gasteiger partial charge in [0, 0.05) is 29.8 Å². The van der Waals surface area contributed by atoms with Gasteiger partial charge in [0.2, 0.25) is 5.70 Å². The van der Waals surface area contributed by atoms with Crippen LogP contribution in [0.15, 0.2) is 60.4 Å². The van der Waals surface area contributed by atoms with Gasteiger partial charge in [0.25, 0.3) is 5.91 Å². The second-order valence-electron chi connectivity index (χ2n) is 8.07. The van der Waals surface area contributed by atoms with E-state index in [1.54, 1.807) is 6.20 Å². The summed E-state index contributed by atoms with van der Waals surface area (Å²) >= 11 is 0. The van der Waals surface area contributed by atoms with Gasteiger partial charge in [0.1, 0.15) is 5.69 Å². The summed E-state index contributed by atoms with van der Waals surface area (Å²) in [7, 11) is 0. The Bertz CT molecular complexity index is 920. The second-order valence-corrected chi connectivity index (χ2v) is 8.07. The number of rotatable bonds is 11. The van der Waals surface area contributed by atoms with Crippen molar-refractivity contribution in [3.63, 3.8) is 0 Å². The third kappa shape index (κ3) is 7.35. The van der Waals surface area contributed by atoms with Crippen LogP contribution in [0.4, 0.5) is 5.69 Å². The Labute approximate surface area is 184 Å². The normalized spacial score (nSPS) is 13.7. The Kier molecular flexibility index (Phi) is 8.38. The van der Waals surface area contributed by atoms with Gasteiger partial charge in [-0.15, -0.1) is 0 Å². The lowest BCUT2D eigenvalue weighted by Crippen LogP contribution is -2.74. The SMILES string of the molecule is CCNC(=O)c1ccc([NH2+]/C=C(\[NH3+])C(=O)NC2CC2)c(CCCCc2ccccc2)c1. The molecule has 0 unspecified atom stereocenters. The summed E-state index contributed by atoms with van der Waals surface area (Å²) in [6, 6.07) is 16.6. The fourth-order valence-electron chi connectivity index (χ4n) is 3.45. The van der Waals surface area contributed by atoms with Gasteiger partial charge >= 0.3 is 5.91 Å². The van der Waals surface area contributed by atoms with Crippen LogP contribution in [0, 0.1) is 0 Å². The lowest BCUT2D eigenvalue weighted by Gasteiger charge is -2.09. The molecule has 0 aliphatic heterocycles. The van der Waals surface area contributed by atoms with Crippen molar-refractivity contribution in [3.05, 3.63) is 77.1 Å². The highest BCUT2D eigenvalue weighted by Crippen LogP contribution is 2.19.